The van der Waals surface area contributed by atoms with Crippen LogP contribution in [-0.4, -0.2) is 54.1 Å². The van der Waals surface area contributed by atoms with E-state index in [0.717, 1.165) is 12.8 Å². The first kappa shape index (κ1) is 17.7. The third kappa shape index (κ3) is 4.70. The van der Waals surface area contributed by atoms with Gasteiger partial charge in [0.1, 0.15) is 5.76 Å². The van der Waals surface area contributed by atoms with Gasteiger partial charge in [0.05, 0.1) is 19.1 Å². The molecule has 1 unspecified atom stereocenters. The Morgan fingerprint density at radius 1 is 1.44 bits per heavy atom. The van der Waals surface area contributed by atoms with Gasteiger partial charge in [0.25, 0.3) is 5.91 Å². The van der Waals surface area contributed by atoms with Gasteiger partial charge in [0.2, 0.25) is 10.0 Å². The molecule has 25 heavy (non-hydrogen) atoms. The maximum atomic E-state index is 12.2. The minimum atomic E-state index is -3.18. The fourth-order valence-electron chi connectivity index (χ4n) is 2.96. The van der Waals surface area contributed by atoms with Crippen LogP contribution < -0.4 is 5.32 Å². The Morgan fingerprint density at radius 2 is 2.28 bits per heavy atom. The van der Waals surface area contributed by atoms with Gasteiger partial charge in [-0.1, -0.05) is 0 Å². The summed E-state index contributed by atoms with van der Waals surface area (Å²) in [6.07, 6.45) is 8.11. The van der Waals surface area contributed by atoms with E-state index in [-0.39, 0.29) is 17.6 Å². The van der Waals surface area contributed by atoms with Crippen LogP contribution in [0.25, 0.3) is 0 Å². The quantitative estimate of drug-likeness (QED) is 0.820. The second kappa shape index (κ2) is 7.40. The zero-order valence-electron chi connectivity index (χ0n) is 14.1. The van der Waals surface area contributed by atoms with E-state index in [9.17, 15) is 13.2 Å². The number of hydrogen-bond donors (Lipinski definition) is 1. The molecule has 2 aromatic rings. The lowest BCUT2D eigenvalue weighted by molar-refractivity contribution is 0.0912. The van der Waals surface area contributed by atoms with Crippen LogP contribution in [0.4, 0.5) is 0 Å². The summed E-state index contributed by atoms with van der Waals surface area (Å²) >= 11 is 0. The molecular formula is C16H22N4O4S. The maximum Gasteiger partial charge on any atom is 0.287 e. The van der Waals surface area contributed by atoms with Gasteiger partial charge in [-0.3, -0.25) is 4.79 Å². The molecule has 1 saturated heterocycles. The van der Waals surface area contributed by atoms with Gasteiger partial charge in [-0.05, 0) is 30.9 Å². The minimum Gasteiger partial charge on any atom is -0.454 e. The van der Waals surface area contributed by atoms with E-state index in [4.69, 9.17) is 4.42 Å². The van der Waals surface area contributed by atoms with Crippen LogP contribution in [0.15, 0.2) is 35.3 Å². The molecule has 0 aromatic carbocycles. The summed E-state index contributed by atoms with van der Waals surface area (Å²) in [5.41, 5.74) is 0. The molecule has 1 fully saturated rings. The molecule has 1 aliphatic rings. The van der Waals surface area contributed by atoms with Crippen molar-refractivity contribution in [2.24, 2.45) is 5.92 Å². The van der Waals surface area contributed by atoms with Crippen molar-refractivity contribution in [1.82, 2.24) is 19.2 Å². The fraction of sp³-hybridized carbons (Fsp3) is 0.500. The third-order valence-electron chi connectivity index (χ3n) is 4.29. The van der Waals surface area contributed by atoms with Crippen LogP contribution in [0, 0.1) is 5.92 Å². The summed E-state index contributed by atoms with van der Waals surface area (Å²) in [7, 11) is -3.18. The number of furan rings is 1. The Bertz CT molecular complexity index is 813. The molecule has 0 radical (unpaired) electrons. The van der Waals surface area contributed by atoms with Crippen molar-refractivity contribution >= 4 is 15.9 Å². The zero-order valence-corrected chi connectivity index (χ0v) is 14.9. The molecule has 0 aliphatic carbocycles. The van der Waals surface area contributed by atoms with E-state index in [1.54, 1.807) is 24.7 Å². The molecule has 3 heterocycles. The zero-order chi connectivity index (χ0) is 17.9. The van der Waals surface area contributed by atoms with E-state index in [1.807, 2.05) is 10.8 Å². The first-order valence-electron chi connectivity index (χ1n) is 8.19. The lowest BCUT2D eigenvalue weighted by Crippen LogP contribution is -2.43. The van der Waals surface area contributed by atoms with E-state index < -0.39 is 10.0 Å². The lowest BCUT2D eigenvalue weighted by atomic mass is 10.00. The average Bonchev–Trinajstić information content (AvgIpc) is 3.24. The number of sulfonamides is 1. The Hall–Kier alpha value is -2.13. The SMILES string of the molecule is CS(=O)(=O)N1CCCC(CNC(=O)c2ccc(Cn3ccnc3)o2)C1. The second-order valence-corrected chi connectivity index (χ2v) is 8.32. The summed E-state index contributed by atoms with van der Waals surface area (Å²) in [5.74, 6) is 0.760. The lowest BCUT2D eigenvalue weighted by Gasteiger charge is -2.30. The van der Waals surface area contributed by atoms with E-state index in [1.165, 1.54) is 10.6 Å². The van der Waals surface area contributed by atoms with Gasteiger partial charge in [-0.15, -0.1) is 0 Å². The molecule has 136 valence electrons. The number of hydrogen-bond acceptors (Lipinski definition) is 5. The van der Waals surface area contributed by atoms with Gasteiger partial charge >= 0.3 is 0 Å². The first-order valence-corrected chi connectivity index (χ1v) is 10.0. The van der Waals surface area contributed by atoms with Gasteiger partial charge in [-0.2, -0.15) is 0 Å². The Morgan fingerprint density at radius 3 is 3.00 bits per heavy atom. The molecule has 0 spiro atoms. The number of nitrogens with one attached hydrogen (secondary N) is 1. The highest BCUT2D eigenvalue weighted by Crippen LogP contribution is 2.18. The molecule has 0 bridgehead atoms. The number of imidazole rings is 1. The highest BCUT2D eigenvalue weighted by atomic mass is 32.2. The molecule has 9 heteroatoms. The highest BCUT2D eigenvalue weighted by Gasteiger charge is 2.26. The molecule has 1 atom stereocenters. The smallest absolute Gasteiger partial charge is 0.287 e. The number of aromatic nitrogens is 2. The number of carbonyl (C=O) groups excluding carboxylic acids is 1. The molecule has 2 aromatic heterocycles. The molecule has 8 nitrogen and oxygen atoms in total. The maximum absolute atomic E-state index is 12.2. The molecule has 0 saturated carbocycles. The van der Waals surface area contributed by atoms with Gasteiger partial charge in [-0.25, -0.2) is 17.7 Å². The normalized spacial score (nSPS) is 19.0. The fourth-order valence-corrected chi connectivity index (χ4v) is 3.91. The first-order chi connectivity index (χ1) is 11.9. The van der Waals surface area contributed by atoms with Crippen LogP contribution in [-0.2, 0) is 16.6 Å². The van der Waals surface area contributed by atoms with Gasteiger partial charge in [0.15, 0.2) is 5.76 Å². The predicted molar refractivity (Wildman–Crippen MR) is 91.5 cm³/mol. The van der Waals surface area contributed by atoms with Crippen LogP contribution in [0.5, 0.6) is 0 Å². The summed E-state index contributed by atoms with van der Waals surface area (Å²) in [6, 6.07) is 3.41. The van der Waals surface area contributed by atoms with Crippen LogP contribution in [0.3, 0.4) is 0 Å². The van der Waals surface area contributed by atoms with Gasteiger partial charge < -0.3 is 14.3 Å². The monoisotopic (exact) mass is 366 g/mol. The minimum absolute atomic E-state index is 0.118. The molecule has 1 N–H and O–H groups in total. The van der Waals surface area contributed by atoms with Crippen LogP contribution in [0.1, 0.15) is 29.2 Å². The van der Waals surface area contributed by atoms with Crippen molar-refractivity contribution in [3.05, 3.63) is 42.4 Å². The number of piperidine rings is 1. The number of rotatable bonds is 6. The largest absolute Gasteiger partial charge is 0.454 e. The van der Waals surface area contributed by atoms with Crippen molar-refractivity contribution in [2.75, 3.05) is 25.9 Å². The standard InChI is InChI=1S/C16H22N4O4S/c1-25(22,23)20-7-2-3-13(10-20)9-18-16(21)15-5-4-14(24-15)11-19-8-6-17-12-19/h4-6,8,12-13H,2-3,7,9-11H2,1H3,(H,18,21). The van der Waals surface area contributed by atoms with E-state index in [2.05, 4.69) is 10.3 Å². The Labute approximate surface area is 146 Å². The van der Waals surface area contributed by atoms with Crippen molar-refractivity contribution in [3.8, 4) is 0 Å². The highest BCUT2D eigenvalue weighted by molar-refractivity contribution is 7.88. The van der Waals surface area contributed by atoms with Crippen molar-refractivity contribution < 1.29 is 17.6 Å². The van der Waals surface area contributed by atoms with Gasteiger partial charge in [0, 0.05) is 32.0 Å². The summed E-state index contributed by atoms with van der Waals surface area (Å²) in [5, 5.41) is 2.84. The van der Waals surface area contributed by atoms with E-state index in [0.29, 0.717) is 31.9 Å². The predicted octanol–water partition coefficient (Wildman–Crippen LogP) is 0.926. The molecule has 1 amide bonds. The van der Waals surface area contributed by atoms with Crippen molar-refractivity contribution in [2.45, 2.75) is 19.4 Å². The molecule has 3 rings (SSSR count). The number of carbonyl (C=O) groups is 1. The molecular weight excluding hydrogens is 344 g/mol. The Balaban J connectivity index is 1.52. The number of amides is 1. The summed E-state index contributed by atoms with van der Waals surface area (Å²) in [4.78, 5) is 16.2. The second-order valence-electron chi connectivity index (χ2n) is 6.34. The van der Waals surface area contributed by atoms with Crippen LogP contribution >= 0.6 is 0 Å². The number of nitrogens with zero attached hydrogens (tertiary/aromatic N) is 3. The van der Waals surface area contributed by atoms with Crippen molar-refractivity contribution in [1.29, 1.82) is 0 Å². The topological polar surface area (TPSA) is 97.4 Å². The van der Waals surface area contributed by atoms with Crippen LogP contribution in [0.2, 0.25) is 0 Å². The Kier molecular flexibility index (Phi) is 5.24. The summed E-state index contributed by atoms with van der Waals surface area (Å²) in [6.45, 7) is 1.95. The summed E-state index contributed by atoms with van der Waals surface area (Å²) < 4.78 is 32.2. The van der Waals surface area contributed by atoms with E-state index >= 15 is 0 Å². The molecule has 1 aliphatic heterocycles. The van der Waals surface area contributed by atoms with Crippen molar-refractivity contribution in [3.63, 3.8) is 0 Å². The average molecular weight is 366 g/mol. The third-order valence-corrected chi connectivity index (χ3v) is 5.55.